The molecule has 1 aliphatic heterocycles. The first-order chi connectivity index (χ1) is 10.2. The van der Waals surface area contributed by atoms with Gasteiger partial charge in [-0.05, 0) is 37.3 Å². The van der Waals surface area contributed by atoms with E-state index in [2.05, 4.69) is 5.32 Å². The van der Waals surface area contributed by atoms with Crippen molar-refractivity contribution in [1.82, 2.24) is 5.32 Å². The monoisotopic (exact) mass is 294 g/mol. The first-order valence-corrected chi connectivity index (χ1v) is 8.10. The number of piperazine rings is 1. The van der Waals surface area contributed by atoms with Crippen LogP contribution in [0.15, 0.2) is 12.1 Å². The van der Waals surface area contributed by atoms with Crippen LogP contribution in [-0.2, 0) is 0 Å². The van der Waals surface area contributed by atoms with Gasteiger partial charge >= 0.3 is 0 Å². The highest BCUT2D eigenvalue weighted by Gasteiger charge is 2.30. The molecule has 1 saturated carbocycles. The fourth-order valence-corrected chi connectivity index (χ4v) is 3.77. The number of rotatable bonds is 2. The molecule has 0 bridgehead atoms. The van der Waals surface area contributed by atoms with Crippen LogP contribution in [0.2, 0.25) is 0 Å². The first kappa shape index (κ1) is 14.8. The molecule has 0 radical (unpaired) electrons. The predicted octanol–water partition coefficient (Wildman–Crippen LogP) is 3.63. The molecule has 1 atom stereocenters. The average Bonchev–Trinajstić information content (AvgIpc) is 2.53. The van der Waals surface area contributed by atoms with Crippen molar-refractivity contribution in [1.29, 1.82) is 0 Å². The molecule has 1 unspecified atom stereocenters. The van der Waals surface area contributed by atoms with Gasteiger partial charge in [0.05, 0.1) is 0 Å². The molecule has 2 aliphatic rings. The lowest BCUT2D eigenvalue weighted by Crippen LogP contribution is -2.54. The van der Waals surface area contributed by atoms with Crippen molar-refractivity contribution in [3.63, 3.8) is 0 Å². The van der Waals surface area contributed by atoms with Gasteiger partial charge in [-0.25, -0.2) is 8.78 Å². The Morgan fingerprint density at radius 2 is 1.90 bits per heavy atom. The summed E-state index contributed by atoms with van der Waals surface area (Å²) in [6.45, 7) is 3.87. The largest absolute Gasteiger partial charge is 0.364 e. The van der Waals surface area contributed by atoms with Gasteiger partial charge in [0.1, 0.15) is 11.5 Å². The van der Waals surface area contributed by atoms with Gasteiger partial charge in [0, 0.05) is 25.7 Å². The third kappa shape index (κ3) is 3.05. The lowest BCUT2D eigenvalue weighted by molar-refractivity contribution is 0.256. The maximum absolute atomic E-state index is 14.3. The molecule has 4 heteroatoms. The molecule has 0 aromatic heterocycles. The zero-order valence-corrected chi connectivity index (χ0v) is 12.7. The number of aryl methyl sites for hydroxylation is 1. The van der Waals surface area contributed by atoms with Crippen molar-refractivity contribution in [3.8, 4) is 0 Å². The Balaban J connectivity index is 1.78. The molecule has 1 aromatic carbocycles. The van der Waals surface area contributed by atoms with Gasteiger partial charge in [0.2, 0.25) is 0 Å². The van der Waals surface area contributed by atoms with E-state index in [9.17, 15) is 8.78 Å². The van der Waals surface area contributed by atoms with E-state index in [0.29, 0.717) is 30.6 Å². The van der Waals surface area contributed by atoms with Gasteiger partial charge < -0.3 is 10.2 Å². The molecule has 2 nitrogen and oxygen atoms in total. The summed E-state index contributed by atoms with van der Waals surface area (Å²) in [4.78, 5) is 1.90. The van der Waals surface area contributed by atoms with Crippen LogP contribution in [0.4, 0.5) is 14.5 Å². The summed E-state index contributed by atoms with van der Waals surface area (Å²) in [5.74, 6) is -0.195. The molecule has 1 N–H and O–H groups in total. The summed E-state index contributed by atoms with van der Waals surface area (Å²) in [6.07, 6.45) is 6.38. The van der Waals surface area contributed by atoms with Crippen molar-refractivity contribution in [2.45, 2.75) is 45.1 Å². The van der Waals surface area contributed by atoms with Gasteiger partial charge in [-0.3, -0.25) is 0 Å². The minimum absolute atomic E-state index is 0.164. The van der Waals surface area contributed by atoms with Crippen LogP contribution in [0.5, 0.6) is 0 Å². The summed E-state index contributed by atoms with van der Waals surface area (Å²) < 4.78 is 28.4. The molecule has 1 aromatic rings. The van der Waals surface area contributed by atoms with Gasteiger partial charge in [0.25, 0.3) is 0 Å². The molecule has 2 fully saturated rings. The minimum Gasteiger partial charge on any atom is -0.364 e. The maximum Gasteiger partial charge on any atom is 0.152 e. The lowest BCUT2D eigenvalue weighted by Gasteiger charge is -2.40. The average molecular weight is 294 g/mol. The summed E-state index contributed by atoms with van der Waals surface area (Å²) in [6, 6.07) is 3.25. The Kier molecular flexibility index (Phi) is 4.43. The summed E-state index contributed by atoms with van der Waals surface area (Å²) in [5.41, 5.74) is 0.677. The summed E-state index contributed by atoms with van der Waals surface area (Å²) in [7, 11) is 0. The normalized spacial score (nSPS) is 24.3. The van der Waals surface area contributed by atoms with Crippen LogP contribution in [0.3, 0.4) is 0 Å². The van der Waals surface area contributed by atoms with E-state index in [4.69, 9.17) is 0 Å². The van der Waals surface area contributed by atoms with E-state index >= 15 is 0 Å². The van der Waals surface area contributed by atoms with Crippen LogP contribution in [0.1, 0.15) is 37.7 Å². The number of benzene rings is 1. The first-order valence-electron chi connectivity index (χ1n) is 8.10. The molecule has 21 heavy (non-hydrogen) atoms. The Hall–Kier alpha value is -1.16. The number of halogens is 2. The molecule has 1 saturated heterocycles. The second-order valence-corrected chi connectivity index (χ2v) is 6.43. The van der Waals surface area contributed by atoms with Crippen LogP contribution < -0.4 is 10.2 Å². The van der Waals surface area contributed by atoms with Crippen molar-refractivity contribution < 1.29 is 8.78 Å². The molecule has 0 spiro atoms. The fourth-order valence-electron chi connectivity index (χ4n) is 3.77. The second-order valence-electron chi connectivity index (χ2n) is 6.43. The van der Waals surface area contributed by atoms with Crippen LogP contribution in [-0.4, -0.2) is 25.7 Å². The highest BCUT2D eigenvalue weighted by molar-refractivity contribution is 5.52. The van der Waals surface area contributed by atoms with Crippen molar-refractivity contribution in [3.05, 3.63) is 29.3 Å². The van der Waals surface area contributed by atoms with Gasteiger partial charge in [-0.2, -0.15) is 0 Å². The zero-order chi connectivity index (χ0) is 14.8. The number of nitrogens with zero attached hydrogens (tertiary/aromatic N) is 1. The summed E-state index contributed by atoms with van der Waals surface area (Å²) in [5, 5.41) is 3.56. The van der Waals surface area contributed by atoms with Gasteiger partial charge in [-0.1, -0.05) is 25.3 Å². The quantitative estimate of drug-likeness (QED) is 0.896. The third-order valence-corrected chi connectivity index (χ3v) is 5.00. The SMILES string of the molecule is Cc1ccc(F)c(N2CCNC(C3CCCCC3)C2)c1F. The van der Waals surface area contributed by atoms with E-state index in [-0.39, 0.29) is 5.69 Å². The highest BCUT2D eigenvalue weighted by Crippen LogP contribution is 2.31. The molecular formula is C17H24F2N2. The van der Waals surface area contributed by atoms with Crippen molar-refractivity contribution in [2.24, 2.45) is 5.92 Å². The van der Waals surface area contributed by atoms with E-state index in [1.54, 1.807) is 6.92 Å². The lowest BCUT2D eigenvalue weighted by atomic mass is 9.83. The van der Waals surface area contributed by atoms with Gasteiger partial charge in [-0.15, -0.1) is 0 Å². The van der Waals surface area contributed by atoms with E-state index in [1.807, 2.05) is 4.90 Å². The molecule has 0 amide bonds. The zero-order valence-electron chi connectivity index (χ0n) is 12.7. The van der Waals surface area contributed by atoms with Gasteiger partial charge in [0.15, 0.2) is 5.82 Å². The molecular weight excluding hydrogens is 270 g/mol. The summed E-state index contributed by atoms with van der Waals surface area (Å²) >= 11 is 0. The third-order valence-electron chi connectivity index (χ3n) is 5.00. The number of hydrogen-bond donors (Lipinski definition) is 1. The number of hydrogen-bond acceptors (Lipinski definition) is 2. The highest BCUT2D eigenvalue weighted by atomic mass is 19.1. The van der Waals surface area contributed by atoms with Crippen molar-refractivity contribution in [2.75, 3.05) is 24.5 Å². The predicted molar refractivity (Wildman–Crippen MR) is 81.7 cm³/mol. The number of nitrogens with one attached hydrogen (secondary N) is 1. The molecule has 1 aliphatic carbocycles. The Morgan fingerprint density at radius 1 is 1.14 bits per heavy atom. The minimum atomic E-state index is -0.442. The van der Waals surface area contributed by atoms with Crippen LogP contribution in [0, 0.1) is 24.5 Å². The Bertz CT molecular complexity index is 498. The smallest absolute Gasteiger partial charge is 0.152 e. The maximum atomic E-state index is 14.3. The molecule has 116 valence electrons. The Morgan fingerprint density at radius 3 is 2.67 bits per heavy atom. The van der Waals surface area contributed by atoms with E-state index in [1.165, 1.54) is 44.2 Å². The standard InChI is InChI=1S/C17H24F2N2/c1-12-7-8-14(18)17(16(12)19)21-10-9-20-15(11-21)13-5-3-2-4-6-13/h7-8,13,15,20H,2-6,9-11H2,1H3. The van der Waals surface area contributed by atoms with Crippen LogP contribution >= 0.6 is 0 Å². The molecule has 1 heterocycles. The van der Waals surface area contributed by atoms with E-state index < -0.39 is 11.6 Å². The number of anilines is 1. The second kappa shape index (κ2) is 6.30. The fraction of sp³-hybridized carbons (Fsp3) is 0.647. The van der Waals surface area contributed by atoms with Crippen LogP contribution in [0.25, 0.3) is 0 Å². The molecule has 3 rings (SSSR count). The van der Waals surface area contributed by atoms with E-state index in [0.717, 1.165) is 6.54 Å². The Labute approximate surface area is 125 Å². The topological polar surface area (TPSA) is 15.3 Å². The van der Waals surface area contributed by atoms with Crippen molar-refractivity contribution >= 4 is 5.69 Å².